The second-order valence-electron chi connectivity index (χ2n) is 6.68. The summed E-state index contributed by atoms with van der Waals surface area (Å²) < 4.78 is 14.3. The summed E-state index contributed by atoms with van der Waals surface area (Å²) in [5.41, 5.74) is 8.84. The van der Waals surface area contributed by atoms with Gasteiger partial charge in [-0.2, -0.15) is 0 Å². The zero-order valence-corrected chi connectivity index (χ0v) is 13.2. The van der Waals surface area contributed by atoms with Crippen molar-refractivity contribution in [3.63, 3.8) is 0 Å². The lowest BCUT2D eigenvalue weighted by molar-refractivity contribution is 0.0613. The van der Waals surface area contributed by atoms with Crippen LogP contribution in [0.5, 0.6) is 0 Å². The van der Waals surface area contributed by atoms with E-state index in [0.717, 1.165) is 37.4 Å². The number of nitrogens with two attached hydrogens (primary N) is 1. The van der Waals surface area contributed by atoms with Crippen molar-refractivity contribution in [3.05, 3.63) is 34.6 Å². The summed E-state index contributed by atoms with van der Waals surface area (Å²) in [6.07, 6.45) is 5.39. The van der Waals surface area contributed by atoms with Gasteiger partial charge in [-0.05, 0) is 62.3 Å². The smallest absolute Gasteiger partial charge is 0.274 e. The summed E-state index contributed by atoms with van der Waals surface area (Å²) >= 11 is 0. The minimum absolute atomic E-state index is 0.169. The Morgan fingerprint density at radius 1 is 1.43 bits per heavy atom. The van der Waals surface area contributed by atoms with Crippen molar-refractivity contribution in [3.8, 4) is 0 Å². The topological polar surface area (TPSA) is 78.6 Å². The molecule has 6 heteroatoms. The molecule has 1 aliphatic heterocycles. The molecule has 1 amide bonds. The Balaban J connectivity index is 1.64. The van der Waals surface area contributed by atoms with E-state index in [9.17, 15) is 9.18 Å². The zero-order valence-electron chi connectivity index (χ0n) is 13.2. The minimum atomic E-state index is -0.670. The number of hydroxylamine groups is 1. The van der Waals surface area contributed by atoms with Crippen LogP contribution in [0.4, 0.5) is 4.39 Å². The maximum absolute atomic E-state index is 14.3. The van der Waals surface area contributed by atoms with Gasteiger partial charge in [-0.15, -0.1) is 0 Å². The summed E-state index contributed by atoms with van der Waals surface area (Å²) in [5, 5.41) is 8.69. The van der Waals surface area contributed by atoms with Gasteiger partial charge in [-0.3, -0.25) is 14.9 Å². The molecule has 2 aliphatic rings. The molecular formula is C17H24FN3O2. The van der Waals surface area contributed by atoms with Gasteiger partial charge in [0.05, 0.1) is 0 Å². The van der Waals surface area contributed by atoms with E-state index in [1.165, 1.54) is 25.3 Å². The van der Waals surface area contributed by atoms with Crippen LogP contribution in [0.3, 0.4) is 0 Å². The van der Waals surface area contributed by atoms with Crippen LogP contribution in [0.25, 0.3) is 0 Å². The first-order valence-electron chi connectivity index (χ1n) is 8.32. The Morgan fingerprint density at radius 2 is 2.22 bits per heavy atom. The van der Waals surface area contributed by atoms with Gasteiger partial charge in [0.2, 0.25) is 0 Å². The molecule has 1 saturated carbocycles. The van der Waals surface area contributed by atoms with E-state index in [1.807, 2.05) is 0 Å². The molecule has 1 fully saturated rings. The van der Waals surface area contributed by atoms with Crippen molar-refractivity contribution in [2.45, 2.75) is 44.7 Å². The number of hydrogen-bond acceptors (Lipinski definition) is 4. The van der Waals surface area contributed by atoms with Crippen molar-refractivity contribution < 1.29 is 14.4 Å². The van der Waals surface area contributed by atoms with E-state index >= 15 is 0 Å². The predicted molar refractivity (Wildman–Crippen MR) is 84.6 cm³/mol. The molecule has 0 unspecified atom stereocenters. The number of fused-ring (bicyclic) bond motifs is 1. The van der Waals surface area contributed by atoms with Gasteiger partial charge >= 0.3 is 0 Å². The molecule has 1 aromatic rings. The van der Waals surface area contributed by atoms with Gasteiger partial charge in [0, 0.05) is 30.3 Å². The van der Waals surface area contributed by atoms with E-state index in [4.69, 9.17) is 10.9 Å². The summed E-state index contributed by atoms with van der Waals surface area (Å²) in [6.45, 7) is 2.26. The third kappa shape index (κ3) is 3.39. The second-order valence-corrected chi connectivity index (χ2v) is 6.68. The molecule has 0 saturated heterocycles. The molecule has 0 spiro atoms. The fraction of sp³-hybridized carbons (Fsp3) is 0.588. The number of benzene rings is 1. The van der Waals surface area contributed by atoms with E-state index in [-0.39, 0.29) is 11.4 Å². The van der Waals surface area contributed by atoms with Crippen molar-refractivity contribution in [2.24, 2.45) is 11.7 Å². The van der Waals surface area contributed by atoms with Gasteiger partial charge in [-0.1, -0.05) is 0 Å². The average molecular weight is 321 g/mol. The van der Waals surface area contributed by atoms with E-state index in [1.54, 1.807) is 11.5 Å². The van der Waals surface area contributed by atoms with Crippen LogP contribution in [-0.2, 0) is 13.0 Å². The largest absolute Gasteiger partial charge is 0.330 e. The highest BCUT2D eigenvalue weighted by Gasteiger charge is 2.35. The number of nitrogens with zero attached hydrogens (tertiary/aromatic N) is 1. The van der Waals surface area contributed by atoms with Crippen molar-refractivity contribution in [1.82, 2.24) is 10.4 Å². The number of rotatable bonds is 5. The first-order valence-corrected chi connectivity index (χ1v) is 8.32. The van der Waals surface area contributed by atoms with Gasteiger partial charge in [0.1, 0.15) is 5.82 Å². The number of carbonyl (C=O) groups is 1. The first-order chi connectivity index (χ1) is 11.1. The van der Waals surface area contributed by atoms with Gasteiger partial charge in [0.15, 0.2) is 0 Å². The molecule has 0 atom stereocenters. The Bertz CT molecular complexity index is 587. The number of hydrogen-bond donors (Lipinski definition) is 3. The van der Waals surface area contributed by atoms with E-state index < -0.39 is 5.91 Å². The molecule has 4 N–H and O–H groups in total. The van der Waals surface area contributed by atoms with Crippen molar-refractivity contribution >= 4 is 5.91 Å². The maximum atomic E-state index is 14.3. The van der Waals surface area contributed by atoms with Crippen LogP contribution in [-0.4, -0.2) is 35.1 Å². The van der Waals surface area contributed by atoms with E-state index in [2.05, 4.69) is 4.90 Å². The lowest BCUT2D eigenvalue weighted by Gasteiger charge is -2.45. The highest BCUT2D eigenvalue weighted by molar-refractivity contribution is 5.93. The highest BCUT2D eigenvalue weighted by Crippen LogP contribution is 2.37. The molecule has 3 rings (SSSR count). The molecule has 126 valence electrons. The normalized spacial score (nSPS) is 24.0. The second kappa shape index (κ2) is 6.95. The number of halogens is 1. The average Bonchev–Trinajstić information content (AvgIpc) is 2.52. The summed E-state index contributed by atoms with van der Waals surface area (Å²) in [6, 6.07) is 3.44. The number of nitrogens with one attached hydrogen (secondary N) is 1. The summed E-state index contributed by atoms with van der Waals surface area (Å²) in [7, 11) is 0. The third-order valence-electron chi connectivity index (χ3n) is 5.22. The van der Waals surface area contributed by atoms with Crippen LogP contribution in [0.15, 0.2) is 12.1 Å². The van der Waals surface area contributed by atoms with E-state index in [0.29, 0.717) is 18.2 Å². The van der Waals surface area contributed by atoms with Gasteiger partial charge in [0.25, 0.3) is 5.91 Å². The lowest BCUT2D eigenvalue weighted by atomic mass is 9.76. The fourth-order valence-corrected chi connectivity index (χ4v) is 3.79. The molecule has 5 nitrogen and oxygen atoms in total. The fourth-order valence-electron chi connectivity index (χ4n) is 3.79. The van der Waals surface area contributed by atoms with Crippen LogP contribution < -0.4 is 11.2 Å². The number of carbonyl (C=O) groups excluding carboxylic acids is 1. The minimum Gasteiger partial charge on any atom is -0.330 e. The van der Waals surface area contributed by atoms with Crippen LogP contribution in [0, 0.1) is 11.7 Å². The molecule has 0 radical (unpaired) electrons. The molecule has 23 heavy (non-hydrogen) atoms. The molecule has 1 heterocycles. The molecular weight excluding hydrogens is 297 g/mol. The van der Waals surface area contributed by atoms with Crippen LogP contribution in [0.1, 0.15) is 47.2 Å². The van der Waals surface area contributed by atoms with Crippen LogP contribution in [0.2, 0.25) is 0 Å². The molecule has 0 aromatic heterocycles. The molecule has 1 aromatic carbocycles. The quantitative estimate of drug-likeness (QED) is 0.571. The highest BCUT2D eigenvalue weighted by atomic mass is 19.1. The maximum Gasteiger partial charge on any atom is 0.274 e. The van der Waals surface area contributed by atoms with Crippen molar-refractivity contribution in [1.29, 1.82) is 0 Å². The summed E-state index contributed by atoms with van der Waals surface area (Å²) in [4.78, 5) is 13.8. The standard InChI is InChI=1S/C17H24FN3O2/c18-16-9-13(17(22)20-23)8-12-3-5-21(10-15(12)16)14-6-11(7-14)2-1-4-19/h8-9,11,14,23H,1-7,10,19H2,(H,20,22). The summed E-state index contributed by atoms with van der Waals surface area (Å²) in [5.74, 6) is -0.258. The molecule has 1 aliphatic carbocycles. The zero-order chi connectivity index (χ0) is 16.4. The SMILES string of the molecule is NCCCC1CC(N2CCc3cc(C(=O)NO)cc(F)c3C2)C1. The Kier molecular flexibility index (Phi) is 4.94. The Labute approximate surface area is 135 Å². The first kappa shape index (κ1) is 16.4. The monoisotopic (exact) mass is 321 g/mol. The Morgan fingerprint density at radius 3 is 2.91 bits per heavy atom. The third-order valence-corrected chi connectivity index (χ3v) is 5.22. The van der Waals surface area contributed by atoms with Crippen molar-refractivity contribution in [2.75, 3.05) is 13.1 Å². The number of amides is 1. The van der Waals surface area contributed by atoms with Crippen LogP contribution >= 0.6 is 0 Å². The van der Waals surface area contributed by atoms with Gasteiger partial charge in [-0.25, -0.2) is 9.87 Å². The molecule has 0 bridgehead atoms. The Hall–Kier alpha value is -1.50. The van der Waals surface area contributed by atoms with Gasteiger partial charge < -0.3 is 5.73 Å². The predicted octanol–water partition coefficient (Wildman–Crippen LogP) is 1.82. The lowest BCUT2D eigenvalue weighted by Crippen LogP contribution is -2.47.